The summed E-state index contributed by atoms with van der Waals surface area (Å²) in [5.74, 6) is -0.709. The van der Waals surface area contributed by atoms with E-state index >= 15 is 0 Å². The van der Waals surface area contributed by atoms with Gasteiger partial charge < -0.3 is 11.1 Å². The van der Waals surface area contributed by atoms with Crippen molar-refractivity contribution in [3.05, 3.63) is 33.0 Å². The number of nitrogens with zero attached hydrogens (tertiary/aromatic N) is 2. The second kappa shape index (κ2) is 5.81. The average molecular weight is 332 g/mol. The van der Waals surface area contributed by atoms with Crippen LogP contribution in [0.25, 0.3) is 0 Å². The fourth-order valence-electron chi connectivity index (χ4n) is 3.25. The van der Waals surface area contributed by atoms with Gasteiger partial charge in [0, 0.05) is 17.1 Å². The molecule has 0 aliphatic heterocycles. The van der Waals surface area contributed by atoms with Crippen LogP contribution in [-0.4, -0.2) is 21.6 Å². The van der Waals surface area contributed by atoms with Gasteiger partial charge in [0.2, 0.25) is 0 Å². The normalized spacial score (nSPS) is 13.2. The summed E-state index contributed by atoms with van der Waals surface area (Å²) in [6.45, 7) is 6.38. The molecule has 0 radical (unpaired) electrons. The van der Waals surface area contributed by atoms with Gasteiger partial charge in [-0.3, -0.25) is 14.3 Å². The summed E-state index contributed by atoms with van der Waals surface area (Å²) in [5.41, 5.74) is 9.10. The van der Waals surface area contributed by atoms with Crippen molar-refractivity contribution < 1.29 is 9.59 Å². The highest BCUT2D eigenvalue weighted by molar-refractivity contribution is 7.17. The molecule has 0 unspecified atom stereocenters. The quantitative estimate of drug-likeness (QED) is 0.901. The lowest BCUT2D eigenvalue weighted by Crippen LogP contribution is -2.18. The molecule has 2 aromatic heterocycles. The van der Waals surface area contributed by atoms with Crippen molar-refractivity contribution in [1.29, 1.82) is 0 Å². The van der Waals surface area contributed by atoms with Crippen molar-refractivity contribution in [3.63, 3.8) is 0 Å². The van der Waals surface area contributed by atoms with Crippen LogP contribution in [0, 0.1) is 13.8 Å². The lowest BCUT2D eigenvalue weighted by Gasteiger charge is -2.06. The molecule has 1 aliphatic carbocycles. The van der Waals surface area contributed by atoms with E-state index in [4.69, 9.17) is 5.73 Å². The molecule has 0 saturated carbocycles. The lowest BCUT2D eigenvalue weighted by molar-refractivity contribution is 0.100. The number of aryl methyl sites for hydroxylation is 3. The summed E-state index contributed by atoms with van der Waals surface area (Å²) in [7, 11) is 0. The van der Waals surface area contributed by atoms with Gasteiger partial charge >= 0.3 is 0 Å². The Kier molecular flexibility index (Phi) is 3.97. The van der Waals surface area contributed by atoms with Gasteiger partial charge in [0.15, 0.2) is 0 Å². The Hall–Kier alpha value is -2.15. The zero-order valence-corrected chi connectivity index (χ0v) is 14.3. The lowest BCUT2D eigenvalue weighted by atomic mass is 10.1. The van der Waals surface area contributed by atoms with E-state index < -0.39 is 5.91 Å². The van der Waals surface area contributed by atoms with Gasteiger partial charge in [0.25, 0.3) is 11.8 Å². The number of carbonyl (C=O) groups is 2. The molecule has 2 amide bonds. The number of hydrogen-bond acceptors (Lipinski definition) is 4. The molecular weight excluding hydrogens is 312 g/mol. The molecule has 3 rings (SSSR count). The maximum absolute atomic E-state index is 12.7. The van der Waals surface area contributed by atoms with Crippen molar-refractivity contribution in [3.8, 4) is 0 Å². The van der Waals surface area contributed by atoms with Crippen LogP contribution in [0.15, 0.2) is 0 Å². The third-order valence-corrected chi connectivity index (χ3v) is 5.51. The van der Waals surface area contributed by atoms with Gasteiger partial charge in [0.05, 0.1) is 16.8 Å². The first-order valence-electron chi connectivity index (χ1n) is 7.73. The zero-order valence-electron chi connectivity index (χ0n) is 13.5. The maximum atomic E-state index is 12.7. The summed E-state index contributed by atoms with van der Waals surface area (Å²) >= 11 is 1.46. The van der Waals surface area contributed by atoms with Crippen LogP contribution in [0.1, 0.15) is 55.9 Å². The second-order valence-corrected chi connectivity index (χ2v) is 6.85. The van der Waals surface area contributed by atoms with Gasteiger partial charge in [-0.25, -0.2) is 0 Å². The number of hydrogen-bond donors (Lipinski definition) is 2. The van der Waals surface area contributed by atoms with Gasteiger partial charge in [-0.05, 0) is 45.6 Å². The molecule has 7 heteroatoms. The predicted octanol–water partition coefficient (Wildman–Crippen LogP) is 2.42. The van der Waals surface area contributed by atoms with E-state index in [1.807, 2.05) is 20.8 Å². The molecular formula is C16H20N4O2S. The summed E-state index contributed by atoms with van der Waals surface area (Å²) in [4.78, 5) is 25.6. The van der Waals surface area contributed by atoms with Crippen LogP contribution in [0.3, 0.4) is 0 Å². The van der Waals surface area contributed by atoms with E-state index in [2.05, 4.69) is 10.4 Å². The molecule has 6 nitrogen and oxygen atoms in total. The fourth-order valence-corrected chi connectivity index (χ4v) is 4.54. The van der Waals surface area contributed by atoms with Crippen LogP contribution in [-0.2, 0) is 19.4 Å². The molecule has 2 heterocycles. The summed E-state index contributed by atoms with van der Waals surface area (Å²) in [6.07, 6.45) is 2.84. The Labute approximate surface area is 138 Å². The van der Waals surface area contributed by atoms with Crippen molar-refractivity contribution in [2.45, 2.75) is 46.6 Å². The predicted molar refractivity (Wildman–Crippen MR) is 90.2 cm³/mol. The number of primary amides is 1. The monoisotopic (exact) mass is 332 g/mol. The Bertz CT molecular complexity index is 804. The highest BCUT2D eigenvalue weighted by Crippen LogP contribution is 2.39. The minimum absolute atomic E-state index is 0.234. The molecule has 122 valence electrons. The SMILES string of the molecule is CCn1nc(C)c(C(=O)Nc2sc3c(c2C(N)=O)CCC3)c1C. The third-order valence-electron chi connectivity index (χ3n) is 4.30. The van der Waals surface area contributed by atoms with Crippen LogP contribution >= 0.6 is 11.3 Å². The molecule has 0 bridgehead atoms. The Morgan fingerprint density at radius 2 is 2.04 bits per heavy atom. The Balaban J connectivity index is 1.96. The van der Waals surface area contributed by atoms with E-state index in [0.29, 0.717) is 28.4 Å². The number of rotatable bonds is 4. The minimum Gasteiger partial charge on any atom is -0.365 e. The first kappa shape index (κ1) is 15.7. The molecule has 23 heavy (non-hydrogen) atoms. The maximum Gasteiger partial charge on any atom is 0.260 e. The summed E-state index contributed by atoms with van der Waals surface area (Å²) < 4.78 is 1.80. The number of aromatic nitrogens is 2. The average Bonchev–Trinajstić information content (AvgIpc) is 3.11. The summed E-state index contributed by atoms with van der Waals surface area (Å²) in [6, 6.07) is 0. The third kappa shape index (κ3) is 2.55. The molecule has 0 spiro atoms. The van der Waals surface area contributed by atoms with E-state index in [1.54, 1.807) is 4.68 Å². The Morgan fingerprint density at radius 1 is 1.30 bits per heavy atom. The topological polar surface area (TPSA) is 90.0 Å². The van der Waals surface area contributed by atoms with Crippen LogP contribution in [0.4, 0.5) is 5.00 Å². The Morgan fingerprint density at radius 3 is 2.65 bits per heavy atom. The molecule has 3 N–H and O–H groups in total. The molecule has 0 atom stereocenters. The van der Waals surface area contributed by atoms with Crippen molar-refractivity contribution in [1.82, 2.24) is 9.78 Å². The van der Waals surface area contributed by atoms with Crippen LogP contribution < -0.4 is 11.1 Å². The van der Waals surface area contributed by atoms with Crippen molar-refractivity contribution in [2.24, 2.45) is 5.73 Å². The van der Waals surface area contributed by atoms with Gasteiger partial charge in [-0.15, -0.1) is 11.3 Å². The fraction of sp³-hybridized carbons (Fsp3) is 0.438. The van der Waals surface area contributed by atoms with Crippen LogP contribution in [0.5, 0.6) is 0 Å². The molecule has 1 aliphatic rings. The highest BCUT2D eigenvalue weighted by Gasteiger charge is 2.27. The second-order valence-electron chi connectivity index (χ2n) is 5.74. The number of nitrogens with two attached hydrogens (primary N) is 1. The van der Waals surface area contributed by atoms with E-state index in [0.717, 1.165) is 35.4 Å². The van der Waals surface area contributed by atoms with Gasteiger partial charge in [-0.1, -0.05) is 0 Å². The molecule has 0 saturated heterocycles. The number of nitrogens with one attached hydrogen (secondary N) is 1. The van der Waals surface area contributed by atoms with Crippen molar-refractivity contribution in [2.75, 3.05) is 5.32 Å². The molecule has 2 aromatic rings. The number of thiophene rings is 1. The molecule has 0 aromatic carbocycles. The smallest absolute Gasteiger partial charge is 0.260 e. The molecule has 0 fully saturated rings. The number of anilines is 1. The number of amides is 2. The zero-order chi connectivity index (χ0) is 16.7. The highest BCUT2D eigenvalue weighted by atomic mass is 32.1. The van der Waals surface area contributed by atoms with E-state index in [-0.39, 0.29) is 5.91 Å². The largest absolute Gasteiger partial charge is 0.365 e. The number of fused-ring (bicyclic) bond motifs is 1. The van der Waals surface area contributed by atoms with Crippen LogP contribution in [0.2, 0.25) is 0 Å². The number of carbonyl (C=O) groups excluding carboxylic acids is 2. The summed E-state index contributed by atoms with van der Waals surface area (Å²) in [5, 5.41) is 7.81. The standard InChI is InChI=1S/C16H20N4O2S/c1-4-20-9(3)12(8(2)19-20)15(22)18-16-13(14(17)21)10-6-5-7-11(10)23-16/h4-7H2,1-3H3,(H2,17,21)(H,18,22). The first-order valence-corrected chi connectivity index (χ1v) is 8.55. The minimum atomic E-state index is -0.475. The van der Waals surface area contributed by atoms with Gasteiger partial charge in [-0.2, -0.15) is 5.10 Å². The van der Waals surface area contributed by atoms with Crippen molar-refractivity contribution >= 4 is 28.2 Å². The van der Waals surface area contributed by atoms with E-state index in [1.165, 1.54) is 11.3 Å². The van der Waals surface area contributed by atoms with E-state index in [9.17, 15) is 9.59 Å². The first-order chi connectivity index (χ1) is 10.9. The van der Waals surface area contributed by atoms with Gasteiger partial charge in [0.1, 0.15) is 5.00 Å².